The molecule has 8 nitrogen and oxygen atoms in total. The Kier molecular flexibility index (Phi) is 5.44. The van der Waals surface area contributed by atoms with Crippen LogP contribution in [0.4, 0.5) is 22.0 Å². The molecular weight excluding hydrogens is 392 g/mol. The van der Waals surface area contributed by atoms with Gasteiger partial charge in [0.2, 0.25) is 0 Å². The number of para-hydroxylation sites is 1. The molecule has 31 heavy (non-hydrogen) atoms. The maximum Gasteiger partial charge on any atom is 0.323 e. The summed E-state index contributed by atoms with van der Waals surface area (Å²) in [7, 11) is 1.56. The summed E-state index contributed by atoms with van der Waals surface area (Å²) >= 11 is 0. The third-order valence-electron chi connectivity index (χ3n) is 4.88. The lowest BCUT2D eigenvalue weighted by atomic mass is 10.1. The predicted octanol–water partition coefficient (Wildman–Crippen LogP) is 4.75. The van der Waals surface area contributed by atoms with Crippen LogP contribution in [0.1, 0.15) is 25.6 Å². The number of anilines is 3. The highest BCUT2D eigenvalue weighted by Gasteiger charge is 2.19. The van der Waals surface area contributed by atoms with Crippen molar-refractivity contribution >= 4 is 28.7 Å². The number of nitrogen functional groups attached to an aromatic ring is 1. The van der Waals surface area contributed by atoms with E-state index in [0.717, 1.165) is 16.9 Å². The lowest BCUT2D eigenvalue weighted by molar-refractivity contribution is 0.262. The third-order valence-corrected chi connectivity index (χ3v) is 4.88. The van der Waals surface area contributed by atoms with Crippen molar-refractivity contribution in [1.29, 1.82) is 0 Å². The lowest BCUT2D eigenvalue weighted by Gasteiger charge is -2.12. The number of imidazole rings is 1. The van der Waals surface area contributed by atoms with Crippen molar-refractivity contribution in [1.82, 2.24) is 14.4 Å². The molecule has 2 heterocycles. The number of benzene rings is 2. The summed E-state index contributed by atoms with van der Waals surface area (Å²) < 4.78 is 7.50. The van der Waals surface area contributed by atoms with E-state index in [-0.39, 0.29) is 11.9 Å². The van der Waals surface area contributed by atoms with Crippen LogP contribution in [0.15, 0.2) is 60.9 Å². The summed E-state index contributed by atoms with van der Waals surface area (Å²) in [6, 6.07) is 14.3. The fraction of sp³-hybridized carbons (Fsp3) is 0.174. The van der Waals surface area contributed by atoms with E-state index in [2.05, 4.69) is 29.5 Å². The second-order valence-electron chi connectivity index (χ2n) is 7.36. The van der Waals surface area contributed by atoms with Crippen molar-refractivity contribution in [2.75, 3.05) is 23.5 Å². The van der Waals surface area contributed by atoms with E-state index in [1.165, 1.54) is 0 Å². The molecule has 0 aliphatic rings. The van der Waals surface area contributed by atoms with E-state index in [1.807, 2.05) is 53.1 Å². The van der Waals surface area contributed by atoms with Crippen molar-refractivity contribution in [3.8, 4) is 17.0 Å². The number of carbonyl (C=O) groups excluding carboxylic acids is 1. The summed E-state index contributed by atoms with van der Waals surface area (Å²) in [6.45, 7) is 4.16. The van der Waals surface area contributed by atoms with Gasteiger partial charge >= 0.3 is 6.03 Å². The SMILES string of the molecule is COc1cc(-c2nc(C(C)C)n3ccnc(N)c23)ccc1NC(=O)Nc1ccccc1. The first-order valence-electron chi connectivity index (χ1n) is 9.92. The molecule has 4 aromatic rings. The predicted molar refractivity (Wildman–Crippen MR) is 123 cm³/mol. The molecule has 0 saturated carbocycles. The normalized spacial score (nSPS) is 11.0. The molecule has 2 aromatic carbocycles. The number of nitrogens with two attached hydrogens (primary N) is 1. The van der Waals surface area contributed by atoms with E-state index in [1.54, 1.807) is 19.4 Å². The van der Waals surface area contributed by atoms with Gasteiger partial charge < -0.3 is 21.1 Å². The van der Waals surface area contributed by atoms with Crippen LogP contribution < -0.4 is 21.1 Å². The molecule has 0 atom stereocenters. The zero-order valence-corrected chi connectivity index (χ0v) is 17.6. The second-order valence-corrected chi connectivity index (χ2v) is 7.36. The number of hydrogen-bond donors (Lipinski definition) is 3. The maximum atomic E-state index is 12.4. The number of nitrogens with zero attached hydrogens (tertiary/aromatic N) is 3. The fourth-order valence-corrected chi connectivity index (χ4v) is 3.44. The molecule has 4 N–H and O–H groups in total. The molecule has 0 bridgehead atoms. The zero-order valence-electron chi connectivity index (χ0n) is 17.6. The molecule has 0 unspecified atom stereocenters. The van der Waals surface area contributed by atoms with Crippen LogP contribution in [0, 0.1) is 0 Å². The first-order chi connectivity index (χ1) is 15.0. The molecule has 0 aliphatic carbocycles. The Morgan fingerprint density at radius 3 is 2.61 bits per heavy atom. The first-order valence-corrected chi connectivity index (χ1v) is 9.92. The average Bonchev–Trinajstić information content (AvgIpc) is 3.16. The van der Waals surface area contributed by atoms with Crippen LogP contribution in [0.25, 0.3) is 16.8 Å². The van der Waals surface area contributed by atoms with Gasteiger partial charge in [-0.3, -0.25) is 4.40 Å². The minimum absolute atomic E-state index is 0.201. The van der Waals surface area contributed by atoms with Gasteiger partial charge in [0.25, 0.3) is 0 Å². The highest BCUT2D eigenvalue weighted by atomic mass is 16.5. The van der Waals surface area contributed by atoms with Gasteiger partial charge in [-0.15, -0.1) is 0 Å². The van der Waals surface area contributed by atoms with Gasteiger partial charge in [0.15, 0.2) is 0 Å². The van der Waals surface area contributed by atoms with Crippen LogP contribution in [0.2, 0.25) is 0 Å². The Balaban J connectivity index is 1.68. The number of carbonyl (C=O) groups is 1. The van der Waals surface area contributed by atoms with Gasteiger partial charge in [-0.05, 0) is 24.3 Å². The molecular formula is C23H24N6O2. The monoisotopic (exact) mass is 416 g/mol. The number of urea groups is 1. The molecule has 0 aliphatic heterocycles. The summed E-state index contributed by atoms with van der Waals surface area (Å²) in [5, 5.41) is 5.61. The summed E-state index contributed by atoms with van der Waals surface area (Å²) in [6.07, 6.45) is 3.53. The Labute approximate surface area is 180 Å². The third kappa shape index (κ3) is 4.00. The molecule has 2 aromatic heterocycles. The number of rotatable bonds is 5. The topological polar surface area (TPSA) is 107 Å². The van der Waals surface area contributed by atoms with Crippen molar-refractivity contribution in [3.63, 3.8) is 0 Å². The van der Waals surface area contributed by atoms with E-state index in [0.29, 0.717) is 28.6 Å². The van der Waals surface area contributed by atoms with Gasteiger partial charge in [-0.1, -0.05) is 38.1 Å². The minimum Gasteiger partial charge on any atom is -0.495 e. The van der Waals surface area contributed by atoms with E-state index < -0.39 is 0 Å². The molecule has 4 rings (SSSR count). The number of nitrogens with one attached hydrogen (secondary N) is 2. The standard InChI is InChI=1S/C23H24N6O2/c1-14(2)22-28-19(20-21(24)25-11-12-29(20)22)15-9-10-17(18(13-15)31-3)27-23(30)26-16-7-5-4-6-8-16/h4-14H,1-3H3,(H2,24,25)(H2,26,27,30). The summed E-state index contributed by atoms with van der Waals surface area (Å²) in [5.41, 5.74) is 9.69. The van der Waals surface area contributed by atoms with Crippen LogP contribution in [-0.2, 0) is 0 Å². The Morgan fingerprint density at radius 1 is 1.13 bits per heavy atom. The van der Waals surface area contributed by atoms with Gasteiger partial charge in [-0.25, -0.2) is 14.8 Å². The lowest BCUT2D eigenvalue weighted by Crippen LogP contribution is -2.19. The zero-order chi connectivity index (χ0) is 22.0. The Bertz CT molecular complexity index is 1230. The highest BCUT2D eigenvalue weighted by Crippen LogP contribution is 2.35. The maximum absolute atomic E-state index is 12.4. The average molecular weight is 416 g/mol. The van der Waals surface area contributed by atoms with Crippen LogP contribution in [-0.4, -0.2) is 27.5 Å². The number of fused-ring (bicyclic) bond motifs is 1. The van der Waals surface area contributed by atoms with E-state index >= 15 is 0 Å². The number of ether oxygens (including phenoxy) is 1. The van der Waals surface area contributed by atoms with Crippen molar-refractivity contribution in [3.05, 3.63) is 66.7 Å². The van der Waals surface area contributed by atoms with Gasteiger partial charge in [0.1, 0.15) is 28.6 Å². The minimum atomic E-state index is -0.361. The van der Waals surface area contributed by atoms with Crippen molar-refractivity contribution < 1.29 is 9.53 Å². The van der Waals surface area contributed by atoms with Gasteiger partial charge in [-0.2, -0.15) is 0 Å². The quantitative estimate of drug-likeness (QED) is 0.435. The first kappa shape index (κ1) is 20.2. The van der Waals surface area contributed by atoms with Crippen molar-refractivity contribution in [2.45, 2.75) is 19.8 Å². The smallest absolute Gasteiger partial charge is 0.323 e. The van der Waals surface area contributed by atoms with Crippen molar-refractivity contribution in [2.24, 2.45) is 0 Å². The molecule has 158 valence electrons. The number of aromatic nitrogens is 3. The molecule has 8 heteroatoms. The Hall–Kier alpha value is -4.07. The molecule has 0 fully saturated rings. The fourth-order valence-electron chi connectivity index (χ4n) is 3.44. The van der Waals surface area contributed by atoms with Gasteiger partial charge in [0.05, 0.1) is 12.8 Å². The number of hydrogen-bond acceptors (Lipinski definition) is 5. The highest BCUT2D eigenvalue weighted by molar-refractivity contribution is 6.01. The summed E-state index contributed by atoms with van der Waals surface area (Å²) in [4.78, 5) is 21.4. The molecule has 0 radical (unpaired) electrons. The second kappa shape index (κ2) is 8.35. The van der Waals surface area contributed by atoms with E-state index in [4.69, 9.17) is 15.5 Å². The van der Waals surface area contributed by atoms with Gasteiger partial charge in [0, 0.05) is 29.6 Å². The number of methoxy groups -OCH3 is 1. The molecule has 0 saturated heterocycles. The molecule has 2 amide bonds. The largest absolute Gasteiger partial charge is 0.495 e. The number of amides is 2. The van der Waals surface area contributed by atoms with Crippen LogP contribution in [0.5, 0.6) is 5.75 Å². The van der Waals surface area contributed by atoms with Crippen LogP contribution in [0.3, 0.4) is 0 Å². The molecule has 0 spiro atoms. The van der Waals surface area contributed by atoms with E-state index in [9.17, 15) is 4.79 Å². The van der Waals surface area contributed by atoms with Crippen LogP contribution >= 0.6 is 0 Å². The summed E-state index contributed by atoms with van der Waals surface area (Å²) in [5.74, 6) is 2.01. The Morgan fingerprint density at radius 2 is 1.90 bits per heavy atom.